The van der Waals surface area contributed by atoms with Crippen LogP contribution in [0.15, 0.2) is 0 Å². The van der Waals surface area contributed by atoms with Crippen LogP contribution >= 0.6 is 12.6 Å². The van der Waals surface area contributed by atoms with Crippen molar-refractivity contribution < 1.29 is 14.6 Å². The van der Waals surface area contributed by atoms with E-state index in [2.05, 4.69) is 12.6 Å². The average Bonchev–Trinajstić information content (AvgIpc) is 2.29. The minimum absolute atomic E-state index is 0.224. The Morgan fingerprint density at radius 1 is 1.35 bits per heavy atom. The summed E-state index contributed by atoms with van der Waals surface area (Å²) in [5, 5.41) is 8.97. The maximum Gasteiger partial charge on any atom is 0.410 e. The molecule has 102 valence electrons. The van der Waals surface area contributed by atoms with E-state index in [4.69, 9.17) is 9.84 Å². The van der Waals surface area contributed by atoms with Gasteiger partial charge >= 0.3 is 6.09 Å². The Bertz CT molecular complexity index is 220. The first-order chi connectivity index (χ1) is 7.92. The third-order valence-electron chi connectivity index (χ3n) is 2.52. The van der Waals surface area contributed by atoms with Crippen LogP contribution < -0.4 is 0 Å². The Labute approximate surface area is 110 Å². The Balaban J connectivity index is 0.00000121. The summed E-state index contributed by atoms with van der Waals surface area (Å²) in [5.41, 5.74) is -0.426. The fourth-order valence-corrected chi connectivity index (χ4v) is 1.62. The third kappa shape index (κ3) is 6.78. The molecule has 0 aromatic rings. The number of piperidine rings is 1. The van der Waals surface area contributed by atoms with E-state index in [-0.39, 0.29) is 12.7 Å². The Hall–Kier alpha value is -0.420. The first-order valence-corrected chi connectivity index (χ1v) is 6.85. The molecule has 0 spiro atoms. The third-order valence-corrected chi connectivity index (χ3v) is 2.52. The number of carbonyl (C=O) groups excluding carboxylic acids is 1. The molecule has 1 N–H and O–H groups in total. The van der Waals surface area contributed by atoms with Gasteiger partial charge in [-0.1, -0.05) is 0 Å². The van der Waals surface area contributed by atoms with E-state index in [0.29, 0.717) is 19.0 Å². The van der Waals surface area contributed by atoms with Gasteiger partial charge in [-0.3, -0.25) is 0 Å². The fraction of sp³-hybridized carbons (Fsp3) is 0.917. The molecular weight excluding hydrogens is 238 g/mol. The van der Waals surface area contributed by atoms with Gasteiger partial charge in [-0.25, -0.2) is 4.79 Å². The minimum Gasteiger partial charge on any atom is -0.444 e. The lowest BCUT2D eigenvalue weighted by molar-refractivity contribution is 0.0159. The van der Waals surface area contributed by atoms with Crippen LogP contribution in [-0.2, 0) is 4.74 Å². The molecule has 1 amide bonds. The molecule has 1 rings (SSSR count). The number of carbonyl (C=O) groups is 1. The molecule has 0 aromatic heterocycles. The molecule has 1 fully saturated rings. The summed E-state index contributed by atoms with van der Waals surface area (Å²) < 4.78 is 5.27. The maximum absolute atomic E-state index is 11.6. The highest BCUT2D eigenvalue weighted by Gasteiger charge is 2.26. The van der Waals surface area contributed by atoms with E-state index in [9.17, 15) is 4.79 Å². The fourth-order valence-electron chi connectivity index (χ4n) is 1.62. The summed E-state index contributed by atoms with van der Waals surface area (Å²) in [7, 11) is 0. The number of hydrogen-bond acceptors (Lipinski definition) is 4. The SMILES string of the molecule is CC(C)(C)OC(=O)N1CCC(CO)CC1.CS. The topological polar surface area (TPSA) is 49.8 Å². The van der Waals surface area contributed by atoms with Crippen LogP contribution in [0, 0.1) is 5.92 Å². The number of aliphatic hydroxyl groups excluding tert-OH is 1. The quantitative estimate of drug-likeness (QED) is 0.713. The van der Waals surface area contributed by atoms with E-state index in [1.54, 1.807) is 11.2 Å². The summed E-state index contributed by atoms with van der Waals surface area (Å²) in [5.74, 6) is 0.351. The second-order valence-electron chi connectivity index (χ2n) is 5.09. The number of aliphatic hydroxyl groups is 1. The Kier molecular flexibility index (Phi) is 7.63. The number of nitrogens with zero attached hydrogens (tertiary/aromatic N) is 1. The van der Waals surface area contributed by atoms with Gasteiger partial charge in [-0.05, 0) is 45.8 Å². The molecule has 17 heavy (non-hydrogen) atoms. The van der Waals surface area contributed by atoms with Gasteiger partial charge in [0, 0.05) is 19.7 Å². The zero-order valence-electron chi connectivity index (χ0n) is 11.3. The van der Waals surface area contributed by atoms with Crippen molar-refractivity contribution in [3.05, 3.63) is 0 Å². The summed E-state index contributed by atoms with van der Waals surface area (Å²) >= 11 is 3.53. The largest absolute Gasteiger partial charge is 0.444 e. The van der Waals surface area contributed by atoms with Crippen molar-refractivity contribution >= 4 is 18.7 Å². The number of amides is 1. The average molecular weight is 263 g/mol. The van der Waals surface area contributed by atoms with Crippen LogP contribution in [0.25, 0.3) is 0 Å². The van der Waals surface area contributed by atoms with Crippen molar-refractivity contribution in [3.8, 4) is 0 Å². The van der Waals surface area contributed by atoms with Crippen LogP contribution in [0.3, 0.4) is 0 Å². The molecule has 0 aliphatic carbocycles. The summed E-state index contributed by atoms with van der Waals surface area (Å²) in [6.07, 6.45) is 3.20. The lowest BCUT2D eigenvalue weighted by Gasteiger charge is -2.32. The molecule has 1 aliphatic rings. The Morgan fingerprint density at radius 3 is 2.18 bits per heavy atom. The van der Waals surface area contributed by atoms with Crippen molar-refractivity contribution in [2.45, 2.75) is 39.2 Å². The van der Waals surface area contributed by atoms with E-state index >= 15 is 0 Å². The molecule has 0 aromatic carbocycles. The zero-order chi connectivity index (χ0) is 13.5. The second-order valence-corrected chi connectivity index (χ2v) is 5.09. The summed E-state index contributed by atoms with van der Waals surface area (Å²) in [6, 6.07) is 0. The Morgan fingerprint density at radius 2 is 1.82 bits per heavy atom. The van der Waals surface area contributed by atoms with Crippen molar-refractivity contribution in [2.24, 2.45) is 5.92 Å². The normalized spacial score (nSPS) is 17.2. The number of hydrogen-bond donors (Lipinski definition) is 2. The van der Waals surface area contributed by atoms with Crippen LogP contribution in [-0.4, -0.2) is 47.7 Å². The number of rotatable bonds is 1. The van der Waals surface area contributed by atoms with E-state index in [0.717, 1.165) is 12.8 Å². The monoisotopic (exact) mass is 263 g/mol. The number of likely N-dealkylation sites (tertiary alicyclic amines) is 1. The predicted octanol–water partition coefficient (Wildman–Crippen LogP) is 2.17. The van der Waals surface area contributed by atoms with E-state index in [1.165, 1.54) is 0 Å². The van der Waals surface area contributed by atoms with Gasteiger partial charge < -0.3 is 14.7 Å². The standard InChI is InChI=1S/C11H21NO3.CH4S/c1-11(2,3)15-10(14)12-6-4-9(8-13)5-7-12;1-2/h9,13H,4-8H2,1-3H3;2H,1H3. The van der Waals surface area contributed by atoms with E-state index < -0.39 is 5.60 Å². The molecule has 0 saturated carbocycles. The van der Waals surface area contributed by atoms with Gasteiger partial charge in [-0.15, -0.1) is 0 Å². The van der Waals surface area contributed by atoms with Gasteiger partial charge in [0.1, 0.15) is 5.60 Å². The van der Waals surface area contributed by atoms with E-state index in [1.807, 2.05) is 20.8 Å². The molecule has 0 atom stereocenters. The van der Waals surface area contributed by atoms with Crippen LogP contribution in [0.4, 0.5) is 4.79 Å². The molecule has 0 radical (unpaired) electrons. The minimum atomic E-state index is -0.426. The zero-order valence-corrected chi connectivity index (χ0v) is 12.2. The highest BCUT2D eigenvalue weighted by Crippen LogP contribution is 2.18. The molecule has 1 aliphatic heterocycles. The van der Waals surface area contributed by atoms with Crippen molar-refractivity contribution in [3.63, 3.8) is 0 Å². The van der Waals surface area contributed by atoms with Crippen molar-refractivity contribution in [2.75, 3.05) is 26.0 Å². The highest BCUT2D eigenvalue weighted by atomic mass is 32.1. The summed E-state index contributed by atoms with van der Waals surface area (Å²) in [4.78, 5) is 13.4. The van der Waals surface area contributed by atoms with Gasteiger partial charge in [0.15, 0.2) is 0 Å². The van der Waals surface area contributed by atoms with Gasteiger partial charge in [-0.2, -0.15) is 12.6 Å². The van der Waals surface area contributed by atoms with Crippen LogP contribution in [0.5, 0.6) is 0 Å². The van der Waals surface area contributed by atoms with Crippen LogP contribution in [0.2, 0.25) is 0 Å². The van der Waals surface area contributed by atoms with Gasteiger partial charge in [0.2, 0.25) is 0 Å². The molecule has 4 nitrogen and oxygen atoms in total. The molecule has 1 saturated heterocycles. The predicted molar refractivity (Wildman–Crippen MR) is 72.5 cm³/mol. The molecule has 0 unspecified atom stereocenters. The maximum atomic E-state index is 11.6. The first kappa shape index (κ1) is 16.6. The highest BCUT2D eigenvalue weighted by molar-refractivity contribution is 7.79. The molecule has 1 heterocycles. The van der Waals surface area contributed by atoms with Gasteiger partial charge in [0.25, 0.3) is 0 Å². The van der Waals surface area contributed by atoms with Crippen molar-refractivity contribution in [1.82, 2.24) is 4.90 Å². The second kappa shape index (κ2) is 7.82. The van der Waals surface area contributed by atoms with Crippen molar-refractivity contribution in [1.29, 1.82) is 0 Å². The first-order valence-electron chi connectivity index (χ1n) is 5.96. The summed E-state index contributed by atoms with van der Waals surface area (Å²) in [6.45, 7) is 7.21. The van der Waals surface area contributed by atoms with Gasteiger partial charge in [0.05, 0.1) is 0 Å². The smallest absolute Gasteiger partial charge is 0.410 e. The molecule has 0 bridgehead atoms. The lowest BCUT2D eigenvalue weighted by Crippen LogP contribution is -2.42. The molecule has 5 heteroatoms. The van der Waals surface area contributed by atoms with Crippen LogP contribution in [0.1, 0.15) is 33.6 Å². The molecular formula is C12H25NO3S. The number of ether oxygens (including phenoxy) is 1. The number of thiol groups is 1. The lowest BCUT2D eigenvalue weighted by atomic mass is 9.98.